The summed E-state index contributed by atoms with van der Waals surface area (Å²) in [5.74, 6) is -1.34. The van der Waals surface area contributed by atoms with Crippen LogP contribution in [0, 0.1) is 13.8 Å². The van der Waals surface area contributed by atoms with E-state index < -0.39 is 67.9 Å². The Morgan fingerprint density at radius 2 is 1.00 bits per heavy atom. The van der Waals surface area contributed by atoms with Crippen LogP contribution in [0.15, 0.2) is 114 Å². The summed E-state index contributed by atoms with van der Waals surface area (Å²) in [4.78, 5) is -2.23. The number of benzene rings is 6. The number of hydrogen-bond acceptors (Lipinski definition) is 14. The number of aryl methyl sites for hydroxylation is 2. The van der Waals surface area contributed by atoms with Crippen molar-refractivity contribution in [3.63, 3.8) is 0 Å². The number of rotatable bonds is 8. The molecule has 0 bridgehead atoms. The molecule has 0 fully saturated rings. The number of anilines is 2. The Kier molecular flexibility index (Phi) is 15.3. The minimum absolute atomic E-state index is 0. The number of nitrogens with two attached hydrogens (primary N) is 2. The van der Waals surface area contributed by atoms with Gasteiger partial charge in [0.25, 0.3) is 30.4 Å². The van der Waals surface area contributed by atoms with Gasteiger partial charge in [-0.1, -0.05) is 12.1 Å². The Morgan fingerprint density at radius 1 is 0.526 bits per heavy atom. The van der Waals surface area contributed by atoms with Gasteiger partial charge >= 0.3 is 0 Å². The number of nitrogens with zero attached hydrogens (tertiary/aromatic N) is 4. The van der Waals surface area contributed by atoms with E-state index in [1.54, 1.807) is 50.2 Å². The van der Waals surface area contributed by atoms with Crippen LogP contribution in [0.3, 0.4) is 0 Å². The van der Waals surface area contributed by atoms with Gasteiger partial charge in [-0.3, -0.25) is 13.7 Å². The predicted molar refractivity (Wildman–Crippen MR) is 216 cm³/mol. The van der Waals surface area contributed by atoms with E-state index in [2.05, 4.69) is 20.5 Å². The molecular weight excluding hydrogens is 834 g/mol. The predicted octanol–water partition coefficient (Wildman–Crippen LogP) is 6.28. The van der Waals surface area contributed by atoms with Gasteiger partial charge in [0.15, 0.2) is 11.5 Å². The molecule has 57 heavy (non-hydrogen) atoms. The molecule has 0 unspecified atom stereocenters. The van der Waals surface area contributed by atoms with Gasteiger partial charge in [-0.2, -0.15) is 35.5 Å². The zero-order chi connectivity index (χ0) is 39.5. The summed E-state index contributed by atoms with van der Waals surface area (Å²) in [6.07, 6.45) is 0. The maximum Gasteiger partial charge on any atom is 0.296 e. The number of azo groups is 2. The first-order valence-electron chi connectivity index (χ1n) is 15.3. The Hall–Kier alpha value is -3.03. The van der Waals surface area contributed by atoms with E-state index in [0.29, 0.717) is 33.6 Å². The molecule has 0 heterocycles. The third kappa shape index (κ3) is 10.2. The summed E-state index contributed by atoms with van der Waals surface area (Å²) in [7, 11) is -14.6. The summed E-state index contributed by atoms with van der Waals surface area (Å²) >= 11 is 0. The van der Waals surface area contributed by atoms with Crippen molar-refractivity contribution < 1.29 is 49.1 Å². The molecule has 6 aromatic carbocycles. The van der Waals surface area contributed by atoms with Gasteiger partial charge in [0.1, 0.15) is 21.2 Å². The molecule has 0 atom stereocenters. The maximum atomic E-state index is 12.3. The molecule has 0 aliphatic heterocycles. The number of hydrogen-bond donors (Lipinski definition) is 7. The van der Waals surface area contributed by atoms with Gasteiger partial charge < -0.3 is 21.7 Å². The fraction of sp³-hybridized carbons (Fsp3) is 0.0588. The molecule has 3 radical (unpaired) electrons. The largest absolute Gasteiger partial charge is 0.505 e. The van der Waals surface area contributed by atoms with Crippen molar-refractivity contribution in [2.75, 3.05) is 11.5 Å². The molecule has 23 heteroatoms. The molecule has 0 saturated heterocycles. The Morgan fingerprint density at radius 3 is 1.46 bits per heavy atom. The van der Waals surface area contributed by atoms with Crippen LogP contribution < -0.4 is 11.5 Å². The fourth-order valence-corrected chi connectivity index (χ4v) is 7.57. The van der Waals surface area contributed by atoms with Crippen molar-refractivity contribution in [1.82, 2.24) is 0 Å². The third-order valence-electron chi connectivity index (χ3n) is 8.33. The van der Waals surface area contributed by atoms with E-state index in [0.717, 1.165) is 24.3 Å². The van der Waals surface area contributed by atoms with E-state index in [4.69, 9.17) is 11.5 Å². The number of nitrogen functional groups attached to an aromatic ring is 2. The Balaban J connectivity index is 0.00000290. The first-order chi connectivity index (χ1) is 25.1. The summed E-state index contributed by atoms with van der Waals surface area (Å²) in [6, 6.07) is 18.2. The monoisotopic (exact) mass is 861 g/mol. The first kappa shape index (κ1) is 48.3. The van der Waals surface area contributed by atoms with Crippen molar-refractivity contribution in [2.24, 2.45) is 20.5 Å². The van der Waals surface area contributed by atoms with Crippen LogP contribution in [0.5, 0.6) is 11.5 Å². The first-order valence-corrected chi connectivity index (χ1v) is 19.6. The molecule has 17 nitrogen and oxygen atoms in total. The molecule has 6 aromatic rings. The Bertz CT molecular complexity index is 3000. The smallest absolute Gasteiger partial charge is 0.296 e. The minimum atomic E-state index is -5.05. The van der Waals surface area contributed by atoms with E-state index >= 15 is 0 Å². The second kappa shape index (κ2) is 18.1. The third-order valence-corrected chi connectivity index (χ3v) is 10.9. The van der Waals surface area contributed by atoms with Gasteiger partial charge in [0, 0.05) is 111 Å². The summed E-state index contributed by atoms with van der Waals surface area (Å²) in [6.45, 7) is 3.41. The molecule has 0 saturated carbocycles. The van der Waals surface area contributed by atoms with Crippen molar-refractivity contribution in [1.29, 1.82) is 0 Å². The molecular formula is C34H28N6Na3O11S3. The fourth-order valence-electron chi connectivity index (χ4n) is 5.70. The van der Waals surface area contributed by atoms with Gasteiger partial charge in [0.2, 0.25) is 0 Å². The van der Waals surface area contributed by atoms with Crippen LogP contribution in [0.2, 0.25) is 0 Å². The second-order valence-corrected chi connectivity index (χ2v) is 16.3. The number of aromatic hydroxyl groups is 2. The number of phenolic OH excluding ortho intramolecular Hbond substituents is 2. The van der Waals surface area contributed by atoms with Gasteiger partial charge in [0.05, 0.1) is 16.3 Å². The van der Waals surface area contributed by atoms with Crippen LogP contribution in [-0.2, 0) is 30.4 Å². The molecule has 0 aliphatic carbocycles. The van der Waals surface area contributed by atoms with Crippen molar-refractivity contribution in [3.8, 4) is 22.6 Å². The zero-order valence-electron chi connectivity index (χ0n) is 30.9. The molecule has 0 aliphatic rings. The normalized spacial score (nSPS) is 12.1. The average molecular weight is 862 g/mol. The van der Waals surface area contributed by atoms with E-state index in [9.17, 15) is 49.1 Å². The zero-order valence-corrected chi connectivity index (χ0v) is 39.3. The van der Waals surface area contributed by atoms with E-state index in [-0.39, 0.29) is 122 Å². The van der Waals surface area contributed by atoms with Crippen LogP contribution in [0.25, 0.3) is 32.7 Å². The Labute approximate surface area is 392 Å². The second-order valence-electron chi connectivity index (χ2n) is 12.1. The van der Waals surface area contributed by atoms with Crippen molar-refractivity contribution >= 4 is 175 Å². The van der Waals surface area contributed by atoms with Crippen LogP contribution in [0.4, 0.5) is 34.1 Å². The standard InChI is InChI=1S/C34H28N6O11S3.3Na/c1-16-9-18(3-7-26(16)37-39-31-28(53(46,47)48)13-20-11-22(35)5-6-24(20)33(31)41)19-4-8-27(17(2)10-19)38-40-32-29(54(49,50)51)14-21-12-23(52(43,44)45)15-25(36)30(21)34(32)42;;;/h3-15,41-42H,35-36H2,1-2H3,(H,43,44,45)(H,46,47,48)(H,49,50,51);;;. The van der Waals surface area contributed by atoms with Crippen molar-refractivity contribution in [3.05, 3.63) is 90.0 Å². The van der Waals surface area contributed by atoms with Crippen LogP contribution in [-0.4, -0.2) is 138 Å². The minimum Gasteiger partial charge on any atom is -0.505 e. The van der Waals surface area contributed by atoms with E-state index in [1.165, 1.54) is 18.2 Å². The molecule has 9 N–H and O–H groups in total. The number of phenols is 2. The van der Waals surface area contributed by atoms with Crippen molar-refractivity contribution in [2.45, 2.75) is 28.5 Å². The SMILES string of the molecule is Cc1cc(-c2ccc(N=Nc3c(S(=O)(=O)O)cc4cc(S(=O)(=O)O)cc(N)c4c3O)c(C)c2)ccc1N=Nc1c(S(=O)(=O)O)cc2cc(N)ccc2c1O.[Na].[Na].[Na]. The molecule has 281 valence electrons. The maximum absolute atomic E-state index is 12.3. The van der Waals surface area contributed by atoms with Crippen LogP contribution in [0.1, 0.15) is 11.1 Å². The van der Waals surface area contributed by atoms with E-state index in [1.807, 2.05) is 0 Å². The molecule has 0 spiro atoms. The average Bonchev–Trinajstić information content (AvgIpc) is 3.06. The van der Waals surface area contributed by atoms with Gasteiger partial charge in [-0.05, 0) is 114 Å². The van der Waals surface area contributed by atoms with Gasteiger partial charge in [-0.25, -0.2) is 0 Å². The molecule has 6 rings (SSSR count). The molecule has 0 amide bonds. The number of fused-ring (bicyclic) bond motifs is 2. The summed E-state index contributed by atoms with van der Waals surface area (Å²) in [5.41, 5.74) is 13.7. The van der Waals surface area contributed by atoms with Crippen LogP contribution >= 0.6 is 0 Å². The molecule has 0 aromatic heterocycles. The van der Waals surface area contributed by atoms with Gasteiger partial charge in [-0.15, -0.1) is 10.2 Å². The summed E-state index contributed by atoms with van der Waals surface area (Å²) in [5, 5.41) is 38.0. The topological polar surface area (TPSA) is 305 Å². The summed E-state index contributed by atoms with van der Waals surface area (Å²) < 4.78 is 101. The quantitative estimate of drug-likeness (QED) is 0.0384.